The van der Waals surface area contributed by atoms with Gasteiger partial charge in [-0.15, -0.1) is 0 Å². The highest BCUT2D eigenvalue weighted by Gasteiger charge is 2.35. The SMILES string of the molecule is CC1CC(C)C[NH+](C2CC[NH+](Cc3ccccc3[N+](=O)[O-])CC2)C1. The molecule has 1 aromatic rings. The predicted molar refractivity (Wildman–Crippen MR) is 94.2 cm³/mol. The van der Waals surface area contributed by atoms with Crippen LogP contribution in [0.15, 0.2) is 24.3 Å². The van der Waals surface area contributed by atoms with Gasteiger partial charge in [0.25, 0.3) is 5.69 Å². The molecule has 3 rings (SSSR count). The summed E-state index contributed by atoms with van der Waals surface area (Å²) in [6.45, 7) is 10.5. The summed E-state index contributed by atoms with van der Waals surface area (Å²) in [7, 11) is 0. The van der Waals surface area contributed by atoms with E-state index in [0.717, 1.165) is 43.1 Å². The first kappa shape index (κ1) is 17.4. The minimum absolute atomic E-state index is 0.248. The van der Waals surface area contributed by atoms with Crippen molar-refractivity contribution in [3.05, 3.63) is 39.9 Å². The van der Waals surface area contributed by atoms with Gasteiger partial charge in [0.1, 0.15) is 6.54 Å². The number of benzene rings is 1. The number of nitro groups is 1. The lowest BCUT2D eigenvalue weighted by atomic mass is 9.89. The van der Waals surface area contributed by atoms with Gasteiger partial charge in [-0.2, -0.15) is 0 Å². The van der Waals surface area contributed by atoms with Gasteiger partial charge in [0, 0.05) is 30.7 Å². The second-order valence-electron chi connectivity index (χ2n) is 8.10. The van der Waals surface area contributed by atoms with Gasteiger partial charge < -0.3 is 9.80 Å². The Morgan fingerprint density at radius 2 is 1.75 bits per heavy atom. The van der Waals surface area contributed by atoms with Gasteiger partial charge in [-0.25, -0.2) is 0 Å². The minimum atomic E-state index is -0.248. The van der Waals surface area contributed by atoms with E-state index in [2.05, 4.69) is 13.8 Å². The van der Waals surface area contributed by atoms with Crippen LogP contribution in [-0.4, -0.2) is 37.1 Å². The predicted octanol–water partition coefficient (Wildman–Crippen LogP) is 0.703. The summed E-state index contributed by atoms with van der Waals surface area (Å²) in [4.78, 5) is 14.2. The Kier molecular flexibility index (Phi) is 5.51. The van der Waals surface area contributed by atoms with Gasteiger partial charge in [0.15, 0.2) is 0 Å². The third-order valence-electron chi connectivity index (χ3n) is 5.92. The Hall–Kier alpha value is -1.46. The van der Waals surface area contributed by atoms with Crippen molar-refractivity contribution in [3.63, 3.8) is 0 Å². The lowest BCUT2D eigenvalue weighted by Crippen LogP contribution is -3.21. The molecule has 0 spiro atoms. The van der Waals surface area contributed by atoms with Gasteiger partial charge in [0.05, 0.1) is 42.7 Å². The van der Waals surface area contributed by atoms with E-state index in [1.54, 1.807) is 12.1 Å². The summed E-state index contributed by atoms with van der Waals surface area (Å²) >= 11 is 0. The maximum atomic E-state index is 11.2. The fourth-order valence-electron chi connectivity index (χ4n) is 4.88. The second kappa shape index (κ2) is 7.62. The first-order valence-corrected chi connectivity index (χ1v) is 9.43. The fraction of sp³-hybridized carbons (Fsp3) is 0.684. The quantitative estimate of drug-likeness (QED) is 0.630. The van der Waals surface area contributed by atoms with Crippen molar-refractivity contribution in [2.24, 2.45) is 11.8 Å². The van der Waals surface area contributed by atoms with Gasteiger partial charge in [-0.3, -0.25) is 10.1 Å². The zero-order valence-corrected chi connectivity index (χ0v) is 15.0. The summed E-state index contributed by atoms with van der Waals surface area (Å²) in [5.41, 5.74) is 1.15. The molecule has 2 unspecified atom stereocenters. The number of para-hydroxylation sites is 1. The van der Waals surface area contributed by atoms with E-state index >= 15 is 0 Å². The van der Waals surface area contributed by atoms with E-state index in [1.165, 1.54) is 37.3 Å². The molecule has 2 heterocycles. The Labute approximate surface area is 144 Å². The van der Waals surface area contributed by atoms with Crippen LogP contribution >= 0.6 is 0 Å². The first-order valence-electron chi connectivity index (χ1n) is 9.43. The van der Waals surface area contributed by atoms with Crippen LogP contribution in [0.25, 0.3) is 0 Å². The number of hydrogen-bond acceptors (Lipinski definition) is 2. The van der Waals surface area contributed by atoms with Gasteiger partial charge in [-0.05, 0) is 12.5 Å². The molecule has 0 amide bonds. The van der Waals surface area contributed by atoms with Crippen LogP contribution in [0.1, 0.15) is 38.7 Å². The number of quaternary nitrogens is 2. The number of nitrogens with zero attached hydrogens (tertiary/aromatic N) is 1. The van der Waals surface area contributed by atoms with Crippen molar-refractivity contribution < 1.29 is 14.7 Å². The Balaban J connectivity index is 1.55. The van der Waals surface area contributed by atoms with Gasteiger partial charge in [-0.1, -0.05) is 26.0 Å². The molecule has 0 bridgehead atoms. The monoisotopic (exact) mass is 333 g/mol. The smallest absolute Gasteiger partial charge is 0.278 e. The summed E-state index contributed by atoms with van der Waals surface area (Å²) in [6.07, 6.45) is 3.89. The third-order valence-corrected chi connectivity index (χ3v) is 5.92. The summed E-state index contributed by atoms with van der Waals surface area (Å²) in [5, 5.41) is 11.2. The maximum absolute atomic E-state index is 11.2. The molecule has 2 aliphatic heterocycles. The molecule has 1 aromatic carbocycles. The van der Waals surface area contributed by atoms with Gasteiger partial charge in [0.2, 0.25) is 0 Å². The van der Waals surface area contributed by atoms with Crippen molar-refractivity contribution in [1.29, 1.82) is 0 Å². The van der Waals surface area contributed by atoms with Crippen molar-refractivity contribution in [2.75, 3.05) is 26.2 Å². The van der Waals surface area contributed by atoms with Crippen LogP contribution in [0.2, 0.25) is 0 Å². The minimum Gasteiger partial charge on any atom is -0.332 e. The number of hydrogen-bond donors (Lipinski definition) is 2. The molecule has 132 valence electrons. The van der Waals surface area contributed by atoms with Crippen LogP contribution in [-0.2, 0) is 6.54 Å². The average molecular weight is 333 g/mol. The molecule has 0 aliphatic carbocycles. The van der Waals surface area contributed by atoms with E-state index < -0.39 is 0 Å². The zero-order valence-electron chi connectivity index (χ0n) is 15.0. The molecule has 0 radical (unpaired) electrons. The first-order chi connectivity index (χ1) is 11.5. The molecular weight excluding hydrogens is 302 g/mol. The summed E-state index contributed by atoms with van der Waals surface area (Å²) in [6, 6.07) is 8.00. The largest absolute Gasteiger partial charge is 0.332 e. The molecule has 2 atom stereocenters. The molecule has 2 saturated heterocycles. The third kappa shape index (κ3) is 4.14. The number of nitrogens with one attached hydrogen (secondary N) is 2. The highest BCUT2D eigenvalue weighted by Crippen LogP contribution is 2.17. The van der Waals surface area contributed by atoms with E-state index in [1.807, 2.05) is 17.0 Å². The Bertz CT molecular complexity index is 559. The topological polar surface area (TPSA) is 52.0 Å². The van der Waals surface area contributed by atoms with E-state index in [-0.39, 0.29) is 10.6 Å². The van der Waals surface area contributed by atoms with Crippen LogP contribution < -0.4 is 9.80 Å². The molecular formula is C19H31N3O2+2. The summed E-state index contributed by atoms with van der Waals surface area (Å²) in [5.74, 6) is 1.70. The molecule has 0 saturated carbocycles. The molecule has 24 heavy (non-hydrogen) atoms. The molecule has 0 aromatic heterocycles. The number of piperidine rings is 2. The van der Waals surface area contributed by atoms with Crippen LogP contribution in [0.3, 0.4) is 0 Å². The second-order valence-corrected chi connectivity index (χ2v) is 8.10. The Morgan fingerprint density at radius 3 is 2.38 bits per heavy atom. The zero-order chi connectivity index (χ0) is 17.1. The van der Waals surface area contributed by atoms with Crippen LogP contribution in [0.4, 0.5) is 5.69 Å². The molecule has 5 heteroatoms. The number of rotatable bonds is 4. The van der Waals surface area contributed by atoms with E-state index in [4.69, 9.17) is 0 Å². The van der Waals surface area contributed by atoms with Gasteiger partial charge >= 0.3 is 0 Å². The molecule has 2 N–H and O–H groups in total. The van der Waals surface area contributed by atoms with E-state index in [0.29, 0.717) is 0 Å². The highest BCUT2D eigenvalue weighted by atomic mass is 16.6. The normalized spacial score (nSPS) is 34.0. The molecule has 2 aliphatic rings. The van der Waals surface area contributed by atoms with Crippen molar-refractivity contribution in [2.45, 2.75) is 45.7 Å². The molecule has 2 fully saturated rings. The van der Waals surface area contributed by atoms with Crippen molar-refractivity contribution in [1.82, 2.24) is 0 Å². The van der Waals surface area contributed by atoms with E-state index in [9.17, 15) is 10.1 Å². The van der Waals surface area contributed by atoms with Crippen molar-refractivity contribution >= 4 is 5.69 Å². The van der Waals surface area contributed by atoms with Crippen LogP contribution in [0.5, 0.6) is 0 Å². The highest BCUT2D eigenvalue weighted by molar-refractivity contribution is 5.39. The average Bonchev–Trinajstić information content (AvgIpc) is 2.55. The van der Waals surface area contributed by atoms with Crippen molar-refractivity contribution in [3.8, 4) is 0 Å². The number of likely N-dealkylation sites (tertiary alicyclic amines) is 2. The maximum Gasteiger partial charge on any atom is 0.278 e. The summed E-state index contributed by atoms with van der Waals surface area (Å²) < 4.78 is 0. The molecule has 5 nitrogen and oxygen atoms in total. The standard InChI is InChI=1S/C19H29N3O2/c1-15-11-16(2)13-21(12-15)18-7-9-20(10-8-18)14-17-5-3-4-6-19(17)22(23)24/h3-6,15-16,18H,7-14H2,1-2H3/p+2. The lowest BCUT2D eigenvalue weighted by Gasteiger charge is -2.39. The van der Waals surface area contributed by atoms with Crippen LogP contribution in [0, 0.1) is 22.0 Å². The fourth-order valence-corrected chi connectivity index (χ4v) is 4.88. The number of nitro benzene ring substituents is 1. The lowest BCUT2D eigenvalue weighted by molar-refractivity contribution is -0.969. The Morgan fingerprint density at radius 1 is 1.12 bits per heavy atom.